The van der Waals surface area contributed by atoms with Crippen LogP contribution in [0.4, 0.5) is 0 Å². The van der Waals surface area contributed by atoms with Gasteiger partial charge in [0.1, 0.15) is 5.01 Å². The van der Waals surface area contributed by atoms with Crippen molar-refractivity contribution in [2.75, 3.05) is 0 Å². The SMILES string of the molecule is CC(SCc1csc(-c2ccsc2)n1)C(=O)NC(C)(C)C. The molecule has 1 unspecified atom stereocenters. The van der Waals surface area contributed by atoms with E-state index in [1.807, 2.05) is 27.7 Å². The molecule has 0 saturated heterocycles. The number of thiazole rings is 1. The Hall–Kier alpha value is -0.850. The largest absolute Gasteiger partial charge is 0.351 e. The Morgan fingerprint density at radius 2 is 2.19 bits per heavy atom. The molecule has 2 rings (SSSR count). The molecule has 1 atom stereocenters. The van der Waals surface area contributed by atoms with Crippen molar-refractivity contribution < 1.29 is 4.79 Å². The molecule has 0 saturated carbocycles. The lowest BCUT2D eigenvalue weighted by molar-refractivity contribution is -0.121. The number of hydrogen-bond donors (Lipinski definition) is 1. The predicted octanol–water partition coefficient (Wildman–Crippen LogP) is 4.41. The number of carbonyl (C=O) groups is 1. The number of nitrogens with zero attached hydrogens (tertiary/aromatic N) is 1. The monoisotopic (exact) mass is 340 g/mol. The second-order valence-electron chi connectivity index (χ2n) is 5.85. The third-order valence-electron chi connectivity index (χ3n) is 2.67. The molecule has 0 radical (unpaired) electrons. The lowest BCUT2D eigenvalue weighted by Crippen LogP contribution is -2.44. The molecule has 114 valence electrons. The van der Waals surface area contributed by atoms with Gasteiger partial charge in [-0.1, -0.05) is 0 Å². The predicted molar refractivity (Wildman–Crippen MR) is 94.1 cm³/mol. The molecule has 0 aromatic carbocycles. The highest BCUT2D eigenvalue weighted by atomic mass is 32.2. The average Bonchev–Trinajstić information content (AvgIpc) is 3.04. The minimum atomic E-state index is -0.182. The molecule has 0 spiro atoms. The minimum Gasteiger partial charge on any atom is -0.351 e. The van der Waals surface area contributed by atoms with Gasteiger partial charge in [0.2, 0.25) is 5.91 Å². The highest BCUT2D eigenvalue weighted by molar-refractivity contribution is 7.99. The summed E-state index contributed by atoms with van der Waals surface area (Å²) < 4.78 is 0. The summed E-state index contributed by atoms with van der Waals surface area (Å²) in [6.45, 7) is 7.93. The quantitative estimate of drug-likeness (QED) is 0.877. The van der Waals surface area contributed by atoms with E-state index in [1.54, 1.807) is 34.4 Å². The fourth-order valence-corrected chi connectivity index (χ4v) is 4.07. The van der Waals surface area contributed by atoms with E-state index in [1.165, 1.54) is 5.56 Å². The Balaban J connectivity index is 1.87. The second-order valence-corrected chi connectivity index (χ2v) is 8.82. The summed E-state index contributed by atoms with van der Waals surface area (Å²) in [6.07, 6.45) is 0. The van der Waals surface area contributed by atoms with Crippen LogP contribution in [0.1, 0.15) is 33.4 Å². The number of nitrogens with one attached hydrogen (secondary N) is 1. The van der Waals surface area contributed by atoms with Crippen LogP contribution in [0.3, 0.4) is 0 Å². The van der Waals surface area contributed by atoms with Crippen molar-refractivity contribution in [3.63, 3.8) is 0 Å². The van der Waals surface area contributed by atoms with E-state index in [4.69, 9.17) is 0 Å². The van der Waals surface area contributed by atoms with Gasteiger partial charge in [0.15, 0.2) is 0 Å². The van der Waals surface area contributed by atoms with Crippen LogP contribution in [0.15, 0.2) is 22.2 Å². The number of thioether (sulfide) groups is 1. The van der Waals surface area contributed by atoms with Crippen LogP contribution in [0.2, 0.25) is 0 Å². The molecule has 21 heavy (non-hydrogen) atoms. The van der Waals surface area contributed by atoms with E-state index in [-0.39, 0.29) is 16.7 Å². The Morgan fingerprint density at radius 1 is 1.43 bits per heavy atom. The van der Waals surface area contributed by atoms with Gasteiger partial charge >= 0.3 is 0 Å². The normalized spacial score (nSPS) is 13.1. The maximum absolute atomic E-state index is 12.0. The first-order valence-corrected chi connectivity index (χ1v) is 9.63. The molecule has 3 nitrogen and oxygen atoms in total. The summed E-state index contributed by atoms with van der Waals surface area (Å²) in [7, 11) is 0. The molecule has 6 heteroatoms. The van der Waals surface area contributed by atoms with Gasteiger partial charge in [-0.2, -0.15) is 11.3 Å². The van der Waals surface area contributed by atoms with Crippen LogP contribution < -0.4 is 5.32 Å². The van der Waals surface area contributed by atoms with E-state index >= 15 is 0 Å². The van der Waals surface area contributed by atoms with Gasteiger partial charge in [-0.3, -0.25) is 4.79 Å². The number of aromatic nitrogens is 1. The Labute approximate surface area is 138 Å². The van der Waals surface area contributed by atoms with E-state index in [9.17, 15) is 4.79 Å². The molecular weight excluding hydrogens is 320 g/mol. The van der Waals surface area contributed by atoms with Crippen LogP contribution in [0.5, 0.6) is 0 Å². The fourth-order valence-electron chi connectivity index (χ4n) is 1.65. The van der Waals surface area contributed by atoms with E-state index in [0.29, 0.717) is 0 Å². The topological polar surface area (TPSA) is 42.0 Å². The number of amides is 1. The lowest BCUT2D eigenvalue weighted by Gasteiger charge is -2.22. The van der Waals surface area contributed by atoms with Crippen LogP contribution in [-0.4, -0.2) is 21.7 Å². The highest BCUT2D eigenvalue weighted by Crippen LogP contribution is 2.28. The summed E-state index contributed by atoms with van der Waals surface area (Å²) in [6, 6.07) is 2.08. The molecular formula is C15H20N2OS3. The van der Waals surface area contributed by atoms with E-state index in [0.717, 1.165) is 16.5 Å². The Bertz CT molecular complexity index is 584. The van der Waals surface area contributed by atoms with Crippen LogP contribution in [0, 0.1) is 0 Å². The van der Waals surface area contributed by atoms with Crippen molar-refractivity contribution in [1.82, 2.24) is 10.3 Å². The van der Waals surface area contributed by atoms with Crippen molar-refractivity contribution in [3.05, 3.63) is 27.9 Å². The zero-order chi connectivity index (χ0) is 15.5. The highest BCUT2D eigenvalue weighted by Gasteiger charge is 2.19. The van der Waals surface area contributed by atoms with Gasteiger partial charge in [0, 0.05) is 27.6 Å². The van der Waals surface area contributed by atoms with Crippen molar-refractivity contribution in [3.8, 4) is 10.6 Å². The third kappa shape index (κ3) is 5.13. The van der Waals surface area contributed by atoms with Gasteiger partial charge in [0.25, 0.3) is 0 Å². The molecule has 2 heterocycles. The van der Waals surface area contributed by atoms with Crippen LogP contribution in [-0.2, 0) is 10.5 Å². The van der Waals surface area contributed by atoms with Crippen LogP contribution in [0.25, 0.3) is 10.6 Å². The maximum Gasteiger partial charge on any atom is 0.233 e. The van der Waals surface area contributed by atoms with Crippen molar-refractivity contribution in [2.24, 2.45) is 0 Å². The van der Waals surface area contributed by atoms with Gasteiger partial charge in [-0.15, -0.1) is 23.1 Å². The van der Waals surface area contributed by atoms with Crippen molar-refractivity contribution in [2.45, 2.75) is 44.2 Å². The first kappa shape index (κ1) is 16.5. The maximum atomic E-state index is 12.0. The molecule has 0 bridgehead atoms. The Morgan fingerprint density at radius 3 is 2.81 bits per heavy atom. The summed E-state index contributed by atoms with van der Waals surface area (Å²) in [5.74, 6) is 0.847. The summed E-state index contributed by atoms with van der Waals surface area (Å²) in [4.78, 5) is 16.7. The molecule has 0 aliphatic rings. The zero-order valence-electron chi connectivity index (χ0n) is 12.7. The molecule has 1 amide bonds. The number of rotatable bonds is 5. The van der Waals surface area contributed by atoms with Gasteiger partial charge in [-0.05, 0) is 39.1 Å². The van der Waals surface area contributed by atoms with Gasteiger partial charge in [0.05, 0.1) is 10.9 Å². The average molecular weight is 341 g/mol. The zero-order valence-corrected chi connectivity index (χ0v) is 15.1. The molecule has 0 aliphatic heterocycles. The minimum absolute atomic E-state index is 0.0736. The first-order chi connectivity index (χ1) is 9.85. The third-order valence-corrected chi connectivity index (χ3v) is 5.47. The molecule has 2 aromatic heterocycles. The smallest absolute Gasteiger partial charge is 0.233 e. The Kier molecular flexibility index (Phi) is 5.46. The molecule has 0 fully saturated rings. The van der Waals surface area contributed by atoms with Crippen molar-refractivity contribution >= 4 is 40.3 Å². The number of thiophene rings is 1. The fraction of sp³-hybridized carbons (Fsp3) is 0.467. The van der Waals surface area contributed by atoms with Gasteiger partial charge in [-0.25, -0.2) is 4.98 Å². The lowest BCUT2D eigenvalue weighted by atomic mass is 10.1. The molecule has 1 N–H and O–H groups in total. The summed E-state index contributed by atoms with van der Waals surface area (Å²) in [5.41, 5.74) is 2.04. The van der Waals surface area contributed by atoms with Crippen molar-refractivity contribution in [1.29, 1.82) is 0 Å². The number of carbonyl (C=O) groups excluding carboxylic acids is 1. The van der Waals surface area contributed by atoms with E-state index in [2.05, 4.69) is 32.5 Å². The first-order valence-electron chi connectivity index (χ1n) is 6.76. The summed E-state index contributed by atoms with van der Waals surface area (Å²) in [5, 5.41) is 10.2. The summed E-state index contributed by atoms with van der Waals surface area (Å²) >= 11 is 4.96. The van der Waals surface area contributed by atoms with E-state index < -0.39 is 0 Å². The molecule has 0 aliphatic carbocycles. The van der Waals surface area contributed by atoms with Gasteiger partial charge < -0.3 is 5.32 Å². The molecule has 2 aromatic rings. The van der Waals surface area contributed by atoms with Crippen LogP contribution >= 0.6 is 34.4 Å². The number of hydrogen-bond acceptors (Lipinski definition) is 5. The standard InChI is InChI=1S/C15H20N2OS3/c1-10(13(18)17-15(2,3)4)20-8-12-9-21-14(16-12)11-5-6-19-7-11/h5-7,9-10H,8H2,1-4H3,(H,17,18). The second kappa shape index (κ2) is 6.94.